The van der Waals surface area contributed by atoms with Crippen molar-refractivity contribution in [3.8, 4) is 0 Å². The number of anilines is 2. The van der Waals surface area contributed by atoms with Gasteiger partial charge in [0.2, 0.25) is 0 Å². The lowest BCUT2D eigenvalue weighted by Gasteiger charge is -2.38. The second kappa shape index (κ2) is 6.73. The quantitative estimate of drug-likeness (QED) is 0.777. The minimum Gasteiger partial charge on any atom is -0.462 e. The van der Waals surface area contributed by atoms with Gasteiger partial charge in [-0.2, -0.15) is 0 Å². The minimum absolute atomic E-state index is 0.0527. The number of nitrogens with zero attached hydrogens (tertiary/aromatic N) is 2. The predicted molar refractivity (Wildman–Crippen MR) is 78.2 cm³/mol. The molecule has 0 aliphatic carbocycles. The number of aromatic nitrogens is 1. The number of nitrogens with two attached hydrogens (primary N) is 1. The first kappa shape index (κ1) is 15.5. The monoisotopic (exact) mass is 295 g/mol. The van der Waals surface area contributed by atoms with Crippen LogP contribution in [-0.2, 0) is 9.47 Å². The zero-order chi connectivity index (χ0) is 15.4. The smallest absolute Gasteiger partial charge is 0.340 e. The van der Waals surface area contributed by atoms with Crippen LogP contribution in [0, 0.1) is 0 Å². The highest BCUT2D eigenvalue weighted by Crippen LogP contribution is 2.23. The van der Waals surface area contributed by atoms with Crippen LogP contribution < -0.4 is 10.6 Å². The molecule has 0 aromatic carbocycles. The van der Waals surface area contributed by atoms with Crippen molar-refractivity contribution in [3.05, 3.63) is 17.8 Å². The van der Waals surface area contributed by atoms with Crippen LogP contribution in [0.1, 0.15) is 24.2 Å². The molecule has 0 radical (unpaired) electrons. The minimum atomic E-state index is -0.460. The van der Waals surface area contributed by atoms with Crippen molar-refractivity contribution in [1.82, 2.24) is 4.98 Å². The Bertz CT molecular complexity index is 509. The third-order valence-electron chi connectivity index (χ3n) is 3.42. The van der Waals surface area contributed by atoms with Crippen molar-refractivity contribution >= 4 is 17.5 Å². The van der Waals surface area contributed by atoms with Crippen molar-refractivity contribution in [2.24, 2.45) is 0 Å². The van der Waals surface area contributed by atoms with Crippen molar-refractivity contribution in [3.63, 3.8) is 0 Å². The van der Waals surface area contributed by atoms with E-state index in [0.717, 1.165) is 0 Å². The lowest BCUT2D eigenvalue weighted by atomic mass is 10.1. The van der Waals surface area contributed by atoms with E-state index in [1.54, 1.807) is 13.0 Å². The van der Waals surface area contributed by atoms with Crippen LogP contribution >= 0.6 is 0 Å². The molecule has 21 heavy (non-hydrogen) atoms. The lowest BCUT2D eigenvalue weighted by molar-refractivity contribution is -0.0105. The van der Waals surface area contributed by atoms with Crippen molar-refractivity contribution in [1.29, 1.82) is 0 Å². The SMILES string of the molecule is CCOC(=O)c1cc(N2CC(CO)OCC2C)ncc1N. The van der Waals surface area contributed by atoms with Crippen molar-refractivity contribution < 1.29 is 19.4 Å². The number of carbonyl (C=O) groups excluding carboxylic acids is 1. The van der Waals surface area contributed by atoms with Crippen LogP contribution in [0.5, 0.6) is 0 Å². The van der Waals surface area contributed by atoms with E-state index in [-0.39, 0.29) is 31.0 Å². The van der Waals surface area contributed by atoms with E-state index in [1.165, 1.54) is 6.20 Å². The summed E-state index contributed by atoms with van der Waals surface area (Å²) < 4.78 is 10.5. The van der Waals surface area contributed by atoms with E-state index in [4.69, 9.17) is 15.2 Å². The first-order valence-electron chi connectivity index (χ1n) is 6.98. The summed E-state index contributed by atoms with van der Waals surface area (Å²) >= 11 is 0. The summed E-state index contributed by atoms with van der Waals surface area (Å²) in [5.74, 6) is 0.166. The number of esters is 1. The Balaban J connectivity index is 2.26. The van der Waals surface area contributed by atoms with E-state index in [9.17, 15) is 9.90 Å². The zero-order valence-electron chi connectivity index (χ0n) is 12.3. The summed E-state index contributed by atoms with van der Waals surface area (Å²) in [6.07, 6.45) is 1.20. The number of morpholine rings is 1. The Labute approximate surface area is 123 Å². The Morgan fingerprint density at radius 2 is 2.43 bits per heavy atom. The molecule has 2 rings (SSSR count). The molecule has 2 unspecified atom stereocenters. The molecular formula is C14H21N3O4. The van der Waals surface area contributed by atoms with Crippen LogP contribution in [0.4, 0.5) is 11.5 Å². The fourth-order valence-corrected chi connectivity index (χ4v) is 2.24. The summed E-state index contributed by atoms with van der Waals surface area (Å²) in [7, 11) is 0. The Kier molecular flexibility index (Phi) is 4.98. The maximum absolute atomic E-state index is 11.9. The van der Waals surface area contributed by atoms with Crippen LogP contribution in [0.3, 0.4) is 0 Å². The molecule has 3 N–H and O–H groups in total. The molecule has 116 valence electrons. The summed E-state index contributed by atoms with van der Waals surface area (Å²) in [6, 6.07) is 1.72. The number of aliphatic hydroxyl groups excluding tert-OH is 1. The topological polar surface area (TPSA) is 97.9 Å². The Hall–Kier alpha value is -1.86. The fraction of sp³-hybridized carbons (Fsp3) is 0.571. The molecule has 2 atom stereocenters. The average molecular weight is 295 g/mol. The number of carbonyl (C=O) groups is 1. The third kappa shape index (κ3) is 3.43. The van der Waals surface area contributed by atoms with E-state index in [2.05, 4.69) is 4.98 Å². The van der Waals surface area contributed by atoms with Gasteiger partial charge in [-0.1, -0.05) is 0 Å². The number of ether oxygens (including phenoxy) is 2. The fourth-order valence-electron chi connectivity index (χ4n) is 2.24. The number of aliphatic hydroxyl groups is 1. The Morgan fingerprint density at radius 1 is 1.67 bits per heavy atom. The van der Waals surface area contributed by atoms with Crippen LogP contribution in [0.25, 0.3) is 0 Å². The third-order valence-corrected chi connectivity index (χ3v) is 3.42. The molecule has 7 nitrogen and oxygen atoms in total. The van der Waals surface area contributed by atoms with Gasteiger partial charge >= 0.3 is 5.97 Å². The van der Waals surface area contributed by atoms with Crippen molar-refractivity contribution in [2.75, 3.05) is 37.0 Å². The summed E-state index contributed by atoms with van der Waals surface area (Å²) in [5.41, 5.74) is 6.39. The summed E-state index contributed by atoms with van der Waals surface area (Å²) in [6.45, 7) is 4.98. The molecule has 0 bridgehead atoms. The number of nitrogen functional groups attached to an aromatic ring is 1. The van der Waals surface area contributed by atoms with Gasteiger partial charge in [0, 0.05) is 6.54 Å². The number of hydrogen-bond acceptors (Lipinski definition) is 7. The number of hydrogen-bond donors (Lipinski definition) is 2. The second-order valence-electron chi connectivity index (χ2n) is 4.99. The molecule has 1 aliphatic rings. The van der Waals surface area contributed by atoms with E-state index >= 15 is 0 Å². The zero-order valence-corrected chi connectivity index (χ0v) is 12.3. The second-order valence-corrected chi connectivity index (χ2v) is 4.99. The van der Waals surface area contributed by atoms with E-state index < -0.39 is 5.97 Å². The molecule has 0 saturated carbocycles. The summed E-state index contributed by atoms with van der Waals surface area (Å²) in [5, 5.41) is 9.23. The van der Waals surface area contributed by atoms with Gasteiger partial charge in [-0.15, -0.1) is 0 Å². The predicted octanol–water partition coefficient (Wildman–Crippen LogP) is 0.426. The highest BCUT2D eigenvalue weighted by atomic mass is 16.5. The number of pyridine rings is 1. The van der Waals surface area contributed by atoms with Gasteiger partial charge in [0.15, 0.2) is 0 Å². The normalized spacial score (nSPS) is 22.1. The van der Waals surface area contributed by atoms with Gasteiger partial charge in [-0.25, -0.2) is 9.78 Å². The van der Waals surface area contributed by atoms with Gasteiger partial charge in [0.25, 0.3) is 0 Å². The largest absolute Gasteiger partial charge is 0.462 e. The van der Waals surface area contributed by atoms with Gasteiger partial charge in [-0.3, -0.25) is 0 Å². The molecule has 0 spiro atoms. The molecule has 0 amide bonds. The first-order chi connectivity index (χ1) is 10.1. The van der Waals surface area contributed by atoms with Crippen molar-refractivity contribution in [2.45, 2.75) is 26.0 Å². The van der Waals surface area contributed by atoms with Gasteiger partial charge in [0.05, 0.1) is 49.4 Å². The lowest BCUT2D eigenvalue weighted by Crippen LogP contribution is -2.50. The maximum atomic E-state index is 11.9. The molecule has 1 fully saturated rings. The highest BCUT2D eigenvalue weighted by molar-refractivity contribution is 5.95. The van der Waals surface area contributed by atoms with Gasteiger partial charge in [0.1, 0.15) is 5.82 Å². The molecule has 1 aromatic heterocycles. The maximum Gasteiger partial charge on any atom is 0.340 e. The van der Waals surface area contributed by atoms with Crippen LogP contribution in [0.2, 0.25) is 0 Å². The van der Waals surface area contributed by atoms with Crippen LogP contribution in [0.15, 0.2) is 12.3 Å². The van der Waals surface area contributed by atoms with Crippen LogP contribution in [-0.4, -0.2) is 54.6 Å². The number of rotatable bonds is 4. The molecule has 1 aliphatic heterocycles. The van der Waals surface area contributed by atoms with E-state index in [0.29, 0.717) is 24.5 Å². The average Bonchev–Trinajstić information content (AvgIpc) is 2.48. The molecular weight excluding hydrogens is 274 g/mol. The van der Waals surface area contributed by atoms with Gasteiger partial charge < -0.3 is 25.2 Å². The molecule has 7 heteroatoms. The Morgan fingerprint density at radius 3 is 3.10 bits per heavy atom. The molecule has 1 saturated heterocycles. The first-order valence-corrected chi connectivity index (χ1v) is 6.98. The van der Waals surface area contributed by atoms with E-state index in [1.807, 2.05) is 11.8 Å². The highest BCUT2D eigenvalue weighted by Gasteiger charge is 2.27. The molecule has 1 aromatic rings. The standard InChI is InChI=1S/C14H21N3O4/c1-3-20-14(19)11-4-13(16-5-12(11)15)17-6-10(7-18)21-8-9(17)2/h4-5,9-10,18H,3,6-8,15H2,1-2H3. The summed E-state index contributed by atoms with van der Waals surface area (Å²) in [4.78, 5) is 18.2. The molecule has 2 heterocycles. The van der Waals surface area contributed by atoms with Gasteiger partial charge in [-0.05, 0) is 19.9 Å².